The Morgan fingerprint density at radius 1 is 1.14 bits per heavy atom. The highest BCUT2D eigenvalue weighted by Gasteiger charge is 2.14. The maximum Gasteiger partial charge on any atom is 0.264 e. The molecule has 0 aliphatic heterocycles. The first-order chi connectivity index (χ1) is 14.1. The van der Waals surface area contributed by atoms with Gasteiger partial charge in [-0.25, -0.2) is 4.98 Å². The van der Waals surface area contributed by atoms with E-state index in [4.69, 9.17) is 0 Å². The van der Waals surface area contributed by atoms with Crippen LogP contribution in [-0.2, 0) is 13.0 Å². The molecule has 0 fully saturated rings. The molecule has 0 spiro atoms. The standard InChI is InChI=1S/C24H23N3O2/c1-3-4-9-23-26-17(2)22(16-28)24(29)27(23)15-18-10-12-19(13-11-18)21-8-6-5-7-20(21)14-25/h5-8,10-13,16H,3-4,9,15H2,1-2H3. The van der Waals surface area contributed by atoms with Crippen molar-refractivity contribution in [3.05, 3.63) is 87.1 Å². The van der Waals surface area contributed by atoms with Gasteiger partial charge in [-0.05, 0) is 36.1 Å². The second-order valence-electron chi connectivity index (χ2n) is 6.99. The molecule has 5 nitrogen and oxygen atoms in total. The van der Waals surface area contributed by atoms with Crippen LogP contribution in [0.5, 0.6) is 0 Å². The van der Waals surface area contributed by atoms with Crippen molar-refractivity contribution < 1.29 is 4.79 Å². The van der Waals surface area contributed by atoms with Crippen LogP contribution in [0.1, 0.15) is 52.8 Å². The first-order valence-corrected chi connectivity index (χ1v) is 9.73. The van der Waals surface area contributed by atoms with Gasteiger partial charge in [0.15, 0.2) is 6.29 Å². The number of carbonyl (C=O) groups is 1. The average molecular weight is 385 g/mol. The maximum absolute atomic E-state index is 12.8. The van der Waals surface area contributed by atoms with Gasteiger partial charge in [-0.1, -0.05) is 55.8 Å². The number of nitriles is 1. The summed E-state index contributed by atoms with van der Waals surface area (Å²) in [5.41, 5.74) is 3.68. The van der Waals surface area contributed by atoms with Gasteiger partial charge in [0, 0.05) is 6.42 Å². The summed E-state index contributed by atoms with van der Waals surface area (Å²) < 4.78 is 1.60. The number of hydrogen-bond acceptors (Lipinski definition) is 4. The first kappa shape index (κ1) is 20.2. The largest absolute Gasteiger partial charge is 0.298 e. The van der Waals surface area contributed by atoms with Gasteiger partial charge in [-0.2, -0.15) is 5.26 Å². The number of aryl methyl sites for hydroxylation is 2. The SMILES string of the molecule is CCCCc1nc(C)c(C=O)c(=O)n1Cc1ccc(-c2ccccc2C#N)cc1. The summed E-state index contributed by atoms with van der Waals surface area (Å²) in [6.45, 7) is 4.14. The lowest BCUT2D eigenvalue weighted by molar-refractivity contribution is 0.112. The number of nitrogens with zero attached hydrogens (tertiary/aromatic N) is 3. The van der Waals surface area contributed by atoms with Crippen LogP contribution in [-0.4, -0.2) is 15.8 Å². The van der Waals surface area contributed by atoms with Crippen LogP contribution in [0.15, 0.2) is 53.3 Å². The fourth-order valence-electron chi connectivity index (χ4n) is 3.36. The number of aromatic nitrogens is 2. The highest BCUT2D eigenvalue weighted by molar-refractivity contribution is 5.75. The van der Waals surface area contributed by atoms with Crippen LogP contribution < -0.4 is 5.56 Å². The Morgan fingerprint density at radius 3 is 2.52 bits per heavy atom. The minimum Gasteiger partial charge on any atom is -0.298 e. The summed E-state index contributed by atoms with van der Waals surface area (Å²) in [6, 6.07) is 17.5. The quantitative estimate of drug-likeness (QED) is 0.569. The van der Waals surface area contributed by atoms with Crippen molar-refractivity contribution in [3.8, 4) is 17.2 Å². The highest BCUT2D eigenvalue weighted by atomic mass is 16.1. The van der Waals surface area contributed by atoms with Crippen molar-refractivity contribution in [1.82, 2.24) is 9.55 Å². The van der Waals surface area contributed by atoms with Crippen molar-refractivity contribution in [1.29, 1.82) is 5.26 Å². The zero-order chi connectivity index (χ0) is 20.8. The van der Waals surface area contributed by atoms with Gasteiger partial charge in [0.2, 0.25) is 0 Å². The van der Waals surface area contributed by atoms with Gasteiger partial charge in [0.05, 0.1) is 23.9 Å². The monoisotopic (exact) mass is 385 g/mol. The zero-order valence-corrected chi connectivity index (χ0v) is 16.7. The van der Waals surface area contributed by atoms with E-state index in [2.05, 4.69) is 18.0 Å². The molecule has 2 aromatic carbocycles. The molecule has 0 bridgehead atoms. The summed E-state index contributed by atoms with van der Waals surface area (Å²) in [7, 11) is 0. The Balaban J connectivity index is 1.97. The number of rotatable bonds is 7. The number of unbranched alkanes of at least 4 members (excludes halogenated alkanes) is 1. The van der Waals surface area contributed by atoms with Crippen LogP contribution in [0.3, 0.4) is 0 Å². The molecule has 146 valence electrons. The van der Waals surface area contributed by atoms with Crippen LogP contribution in [0.4, 0.5) is 0 Å². The molecule has 0 unspecified atom stereocenters. The van der Waals surface area contributed by atoms with Gasteiger partial charge in [-0.3, -0.25) is 14.2 Å². The third-order valence-electron chi connectivity index (χ3n) is 5.00. The van der Waals surface area contributed by atoms with E-state index in [1.54, 1.807) is 17.6 Å². The van der Waals surface area contributed by atoms with E-state index in [1.165, 1.54) is 0 Å². The molecule has 0 atom stereocenters. The van der Waals surface area contributed by atoms with Crippen LogP contribution in [0.25, 0.3) is 11.1 Å². The Labute approximate surface area is 170 Å². The van der Waals surface area contributed by atoms with E-state index in [9.17, 15) is 14.9 Å². The fraction of sp³-hybridized carbons (Fsp3) is 0.250. The number of aldehydes is 1. The molecule has 1 aromatic heterocycles. The van der Waals surface area contributed by atoms with Gasteiger partial charge >= 0.3 is 0 Å². The van der Waals surface area contributed by atoms with Crippen LogP contribution in [0, 0.1) is 18.3 Å². The lowest BCUT2D eigenvalue weighted by Gasteiger charge is -2.14. The Kier molecular flexibility index (Phi) is 6.36. The molecular formula is C24H23N3O2. The third-order valence-corrected chi connectivity index (χ3v) is 5.00. The molecule has 3 rings (SSSR count). The minimum atomic E-state index is -0.294. The number of hydrogen-bond donors (Lipinski definition) is 0. The predicted octanol–water partition coefficient (Wildman–Crippen LogP) is 4.29. The molecule has 5 heteroatoms. The smallest absolute Gasteiger partial charge is 0.264 e. The lowest BCUT2D eigenvalue weighted by Crippen LogP contribution is -2.30. The molecule has 0 aliphatic rings. The maximum atomic E-state index is 12.8. The normalized spacial score (nSPS) is 10.5. The topological polar surface area (TPSA) is 75.8 Å². The van der Waals surface area contributed by atoms with Gasteiger partial charge in [0.1, 0.15) is 11.4 Å². The zero-order valence-electron chi connectivity index (χ0n) is 16.7. The summed E-state index contributed by atoms with van der Waals surface area (Å²) in [4.78, 5) is 28.7. The first-order valence-electron chi connectivity index (χ1n) is 9.73. The molecule has 0 amide bonds. The summed E-state index contributed by atoms with van der Waals surface area (Å²) in [5.74, 6) is 0.707. The summed E-state index contributed by atoms with van der Waals surface area (Å²) in [6.07, 6.45) is 3.21. The van der Waals surface area contributed by atoms with Crippen LogP contribution in [0.2, 0.25) is 0 Å². The summed E-state index contributed by atoms with van der Waals surface area (Å²) in [5, 5.41) is 9.31. The van der Waals surface area contributed by atoms with Crippen molar-refractivity contribution in [2.24, 2.45) is 0 Å². The second kappa shape index (κ2) is 9.11. The van der Waals surface area contributed by atoms with E-state index in [1.807, 2.05) is 42.5 Å². The number of carbonyl (C=O) groups excluding carboxylic acids is 1. The predicted molar refractivity (Wildman–Crippen MR) is 113 cm³/mol. The molecule has 29 heavy (non-hydrogen) atoms. The lowest BCUT2D eigenvalue weighted by atomic mass is 9.99. The van der Waals surface area contributed by atoms with E-state index in [0.717, 1.165) is 29.5 Å². The van der Waals surface area contributed by atoms with Crippen molar-refractivity contribution in [2.75, 3.05) is 0 Å². The molecule has 0 saturated carbocycles. The van der Waals surface area contributed by atoms with E-state index >= 15 is 0 Å². The molecule has 3 aromatic rings. The van der Waals surface area contributed by atoms with E-state index < -0.39 is 0 Å². The Hall–Kier alpha value is -3.52. The summed E-state index contributed by atoms with van der Waals surface area (Å²) >= 11 is 0. The van der Waals surface area contributed by atoms with Gasteiger partial charge in [-0.15, -0.1) is 0 Å². The molecule has 0 saturated heterocycles. The average Bonchev–Trinajstić information content (AvgIpc) is 2.75. The van der Waals surface area contributed by atoms with E-state index in [-0.39, 0.29) is 11.1 Å². The fourth-order valence-corrected chi connectivity index (χ4v) is 3.36. The van der Waals surface area contributed by atoms with E-state index in [0.29, 0.717) is 36.3 Å². The second-order valence-corrected chi connectivity index (χ2v) is 6.99. The third kappa shape index (κ3) is 4.33. The number of benzene rings is 2. The molecule has 0 N–H and O–H groups in total. The molecule has 1 heterocycles. The molecule has 0 radical (unpaired) electrons. The minimum absolute atomic E-state index is 0.116. The Morgan fingerprint density at radius 2 is 1.86 bits per heavy atom. The highest BCUT2D eigenvalue weighted by Crippen LogP contribution is 2.23. The van der Waals surface area contributed by atoms with Crippen molar-refractivity contribution in [2.45, 2.75) is 39.7 Å². The Bertz CT molecular complexity index is 1120. The van der Waals surface area contributed by atoms with Crippen molar-refractivity contribution in [3.63, 3.8) is 0 Å². The molecule has 0 aliphatic carbocycles. The van der Waals surface area contributed by atoms with Crippen molar-refractivity contribution >= 4 is 6.29 Å². The van der Waals surface area contributed by atoms with Gasteiger partial charge < -0.3 is 0 Å². The molecular weight excluding hydrogens is 362 g/mol. The van der Waals surface area contributed by atoms with Gasteiger partial charge in [0.25, 0.3) is 5.56 Å². The van der Waals surface area contributed by atoms with Crippen LogP contribution >= 0.6 is 0 Å².